The maximum absolute atomic E-state index is 12.1. The first-order valence-corrected chi connectivity index (χ1v) is 8.69. The zero-order valence-corrected chi connectivity index (χ0v) is 14.4. The molecule has 1 rings (SSSR count). The molecule has 1 atom stereocenters. The number of hydrogen-bond acceptors (Lipinski definition) is 4. The monoisotopic (exact) mass is 342 g/mol. The van der Waals surface area contributed by atoms with Crippen LogP contribution in [0.4, 0.5) is 5.69 Å². The number of carboxylic acid groups (broad SMARTS) is 1. The smallest absolute Gasteiger partial charge is 0.315 e. The van der Waals surface area contributed by atoms with E-state index in [1.165, 1.54) is 13.0 Å². The summed E-state index contributed by atoms with van der Waals surface area (Å²) in [7, 11) is -3.52. The van der Waals surface area contributed by atoms with Crippen LogP contribution in [-0.4, -0.2) is 30.9 Å². The summed E-state index contributed by atoms with van der Waals surface area (Å²) in [5.74, 6) is -3.31. The van der Waals surface area contributed by atoms with Crippen molar-refractivity contribution in [3.05, 3.63) is 29.8 Å². The van der Waals surface area contributed by atoms with Crippen molar-refractivity contribution in [3.8, 4) is 0 Å². The van der Waals surface area contributed by atoms with Crippen LogP contribution in [-0.2, 0) is 25.4 Å². The van der Waals surface area contributed by atoms with Crippen LogP contribution in [0.5, 0.6) is 0 Å². The third kappa shape index (κ3) is 6.79. The average molecular weight is 342 g/mol. The predicted octanol–water partition coefficient (Wildman–Crippen LogP) is 1.56. The number of anilines is 1. The quantitative estimate of drug-likeness (QED) is 0.679. The summed E-state index contributed by atoms with van der Waals surface area (Å²) in [5.41, 5.74) is 0.260. The second-order valence-electron chi connectivity index (χ2n) is 6.36. The third-order valence-corrected chi connectivity index (χ3v) is 4.41. The summed E-state index contributed by atoms with van der Waals surface area (Å²) in [4.78, 5) is 22.5. The minimum atomic E-state index is -3.52. The standard InChI is InChI=1S/C15H22N2O5S/c1-10(14(19)20)13(18)16-12-7-5-6-11(8-12)9-23(21,22)17-15(2,3)4/h5-8,10,17H,9H2,1-4H3,(H,16,18)(H,19,20). The van der Waals surface area contributed by atoms with E-state index in [0.29, 0.717) is 11.3 Å². The Balaban J connectivity index is 2.85. The third-order valence-electron chi connectivity index (χ3n) is 2.78. The van der Waals surface area contributed by atoms with E-state index in [2.05, 4.69) is 10.0 Å². The van der Waals surface area contributed by atoms with Gasteiger partial charge in [-0.3, -0.25) is 9.59 Å². The van der Waals surface area contributed by atoms with Gasteiger partial charge in [0, 0.05) is 11.2 Å². The Morgan fingerprint density at radius 3 is 2.39 bits per heavy atom. The van der Waals surface area contributed by atoms with Gasteiger partial charge in [0.2, 0.25) is 15.9 Å². The first-order chi connectivity index (χ1) is 10.4. The average Bonchev–Trinajstić information content (AvgIpc) is 2.34. The highest BCUT2D eigenvalue weighted by Crippen LogP contribution is 2.15. The molecule has 8 heteroatoms. The molecular weight excluding hydrogens is 320 g/mol. The largest absolute Gasteiger partial charge is 0.481 e. The summed E-state index contributed by atoms with van der Waals surface area (Å²) in [6.07, 6.45) is 0. The van der Waals surface area contributed by atoms with E-state index in [4.69, 9.17) is 5.11 Å². The summed E-state index contributed by atoms with van der Waals surface area (Å²) in [5, 5.41) is 11.3. The Labute approximate surface area is 136 Å². The van der Waals surface area contributed by atoms with Crippen LogP contribution in [0, 0.1) is 5.92 Å². The lowest BCUT2D eigenvalue weighted by Crippen LogP contribution is -2.41. The van der Waals surface area contributed by atoms with Gasteiger partial charge >= 0.3 is 5.97 Å². The lowest BCUT2D eigenvalue weighted by molar-refractivity contribution is -0.144. The molecule has 0 fully saturated rings. The molecule has 0 saturated heterocycles. The molecule has 0 heterocycles. The molecule has 0 spiro atoms. The van der Waals surface area contributed by atoms with Crippen molar-refractivity contribution < 1.29 is 23.1 Å². The highest BCUT2D eigenvalue weighted by atomic mass is 32.2. The van der Waals surface area contributed by atoms with E-state index in [1.807, 2.05) is 0 Å². The first kappa shape index (κ1) is 19.1. The molecule has 0 aromatic heterocycles. The van der Waals surface area contributed by atoms with Gasteiger partial charge in [0.15, 0.2) is 0 Å². The molecule has 1 aromatic rings. The van der Waals surface area contributed by atoms with Crippen molar-refractivity contribution in [1.82, 2.24) is 4.72 Å². The van der Waals surface area contributed by atoms with Gasteiger partial charge in [-0.05, 0) is 45.4 Å². The lowest BCUT2D eigenvalue weighted by atomic mass is 10.1. The topological polar surface area (TPSA) is 113 Å². The molecule has 7 nitrogen and oxygen atoms in total. The highest BCUT2D eigenvalue weighted by Gasteiger charge is 2.22. The molecular formula is C15H22N2O5S. The van der Waals surface area contributed by atoms with Crippen LogP contribution in [0.15, 0.2) is 24.3 Å². The number of sulfonamides is 1. The van der Waals surface area contributed by atoms with Gasteiger partial charge < -0.3 is 10.4 Å². The van der Waals surface area contributed by atoms with Crippen molar-refractivity contribution >= 4 is 27.6 Å². The first-order valence-electron chi connectivity index (χ1n) is 7.04. The Kier molecular flexibility index (Phi) is 5.90. The molecule has 0 aliphatic carbocycles. The van der Waals surface area contributed by atoms with Gasteiger partial charge in [-0.25, -0.2) is 13.1 Å². The van der Waals surface area contributed by atoms with Gasteiger partial charge in [0.1, 0.15) is 5.92 Å². The van der Waals surface area contributed by atoms with Crippen molar-refractivity contribution in [2.45, 2.75) is 39.0 Å². The summed E-state index contributed by atoms with van der Waals surface area (Å²) < 4.78 is 26.7. The van der Waals surface area contributed by atoms with E-state index in [-0.39, 0.29) is 5.75 Å². The van der Waals surface area contributed by atoms with E-state index in [1.54, 1.807) is 39.0 Å². The molecule has 0 aliphatic heterocycles. The van der Waals surface area contributed by atoms with E-state index in [0.717, 1.165) is 0 Å². The Morgan fingerprint density at radius 1 is 1.26 bits per heavy atom. The van der Waals surface area contributed by atoms with Crippen LogP contribution < -0.4 is 10.0 Å². The normalized spacial score (nSPS) is 13.4. The number of aliphatic carboxylic acids is 1. The Hall–Kier alpha value is -1.93. The minimum absolute atomic E-state index is 0.234. The minimum Gasteiger partial charge on any atom is -0.481 e. The Morgan fingerprint density at radius 2 is 1.87 bits per heavy atom. The highest BCUT2D eigenvalue weighted by molar-refractivity contribution is 7.88. The number of carbonyl (C=O) groups is 2. The van der Waals surface area contributed by atoms with Crippen LogP contribution in [0.25, 0.3) is 0 Å². The maximum Gasteiger partial charge on any atom is 0.315 e. The van der Waals surface area contributed by atoms with E-state index >= 15 is 0 Å². The molecule has 23 heavy (non-hydrogen) atoms. The predicted molar refractivity (Wildman–Crippen MR) is 87.4 cm³/mol. The molecule has 1 unspecified atom stereocenters. The molecule has 1 amide bonds. The van der Waals surface area contributed by atoms with Gasteiger partial charge in [-0.2, -0.15) is 0 Å². The maximum atomic E-state index is 12.1. The molecule has 128 valence electrons. The fourth-order valence-electron chi connectivity index (χ4n) is 1.82. The molecule has 0 aliphatic rings. The molecule has 3 N–H and O–H groups in total. The number of hydrogen-bond donors (Lipinski definition) is 3. The second-order valence-corrected chi connectivity index (χ2v) is 8.08. The van der Waals surface area contributed by atoms with Crippen molar-refractivity contribution in [2.24, 2.45) is 5.92 Å². The number of benzene rings is 1. The van der Waals surface area contributed by atoms with Gasteiger partial charge in [0.05, 0.1) is 5.75 Å². The SMILES string of the molecule is CC(C(=O)O)C(=O)Nc1cccc(CS(=O)(=O)NC(C)(C)C)c1. The Bertz CT molecular complexity index is 692. The summed E-state index contributed by atoms with van der Waals surface area (Å²) >= 11 is 0. The molecule has 0 radical (unpaired) electrons. The van der Waals surface area contributed by atoms with Gasteiger partial charge in [-0.15, -0.1) is 0 Å². The summed E-state index contributed by atoms with van der Waals surface area (Å²) in [6, 6.07) is 6.30. The van der Waals surface area contributed by atoms with Crippen molar-refractivity contribution in [1.29, 1.82) is 0 Å². The molecule has 1 aromatic carbocycles. The number of nitrogens with one attached hydrogen (secondary N) is 2. The van der Waals surface area contributed by atoms with Gasteiger partial charge in [-0.1, -0.05) is 12.1 Å². The van der Waals surface area contributed by atoms with Crippen LogP contribution in [0.2, 0.25) is 0 Å². The van der Waals surface area contributed by atoms with Crippen LogP contribution in [0.3, 0.4) is 0 Å². The van der Waals surface area contributed by atoms with Crippen LogP contribution >= 0.6 is 0 Å². The zero-order valence-electron chi connectivity index (χ0n) is 13.6. The molecule has 0 bridgehead atoms. The van der Waals surface area contributed by atoms with Crippen molar-refractivity contribution in [3.63, 3.8) is 0 Å². The number of carbonyl (C=O) groups excluding carboxylic acids is 1. The van der Waals surface area contributed by atoms with Crippen molar-refractivity contribution in [2.75, 3.05) is 5.32 Å². The van der Waals surface area contributed by atoms with E-state index < -0.39 is 33.4 Å². The number of amides is 1. The van der Waals surface area contributed by atoms with E-state index in [9.17, 15) is 18.0 Å². The van der Waals surface area contributed by atoms with Crippen LogP contribution in [0.1, 0.15) is 33.3 Å². The number of rotatable bonds is 6. The zero-order chi connectivity index (χ0) is 17.8. The lowest BCUT2D eigenvalue weighted by Gasteiger charge is -2.20. The fourth-order valence-corrected chi connectivity index (χ4v) is 3.45. The summed E-state index contributed by atoms with van der Waals surface area (Å²) in [6.45, 7) is 6.51. The fraction of sp³-hybridized carbons (Fsp3) is 0.467. The molecule has 0 saturated carbocycles. The second kappa shape index (κ2) is 7.10. The number of carboxylic acids is 1. The van der Waals surface area contributed by atoms with Gasteiger partial charge in [0.25, 0.3) is 0 Å².